The molecule has 0 saturated carbocycles. The van der Waals surface area contributed by atoms with E-state index in [-0.39, 0.29) is 42.3 Å². The Hall–Kier alpha value is -3.18. The highest BCUT2D eigenvalue weighted by molar-refractivity contribution is 7.91. The number of nitrogen functional groups attached to an aromatic ring is 1. The molecule has 2 aliphatic heterocycles. The number of benzene rings is 2. The molecule has 9 nitrogen and oxygen atoms in total. The molecule has 0 spiro atoms. The Morgan fingerprint density at radius 2 is 1.91 bits per heavy atom. The number of hydrogen-bond donors (Lipinski definition) is 2. The third kappa shape index (κ3) is 4.85. The van der Waals surface area contributed by atoms with Gasteiger partial charge in [0.2, 0.25) is 0 Å². The molecule has 3 N–H and O–H groups in total. The van der Waals surface area contributed by atoms with Crippen LogP contribution in [0, 0.1) is 5.82 Å². The summed E-state index contributed by atoms with van der Waals surface area (Å²) in [5, 5.41) is 0. The number of halogens is 1. The number of anilines is 1. The third-order valence-electron chi connectivity index (χ3n) is 5.98. The normalized spacial score (nSPS) is 18.1. The highest BCUT2D eigenvalue weighted by Gasteiger charge is 2.36. The Kier molecular flexibility index (Phi) is 6.26. The van der Waals surface area contributed by atoms with Gasteiger partial charge in [0.25, 0.3) is 5.91 Å². The van der Waals surface area contributed by atoms with Crippen LogP contribution in [0.3, 0.4) is 0 Å². The van der Waals surface area contributed by atoms with E-state index in [1.807, 2.05) is 31.4 Å². The monoisotopic (exact) mass is 490 g/mol. The lowest BCUT2D eigenvalue weighted by molar-refractivity contribution is 0.0953. The fourth-order valence-corrected chi connectivity index (χ4v) is 5.41. The molecule has 0 atom stereocenters. The first-order chi connectivity index (χ1) is 16.0. The Morgan fingerprint density at radius 1 is 1.21 bits per heavy atom. The number of sulfone groups is 1. The maximum atomic E-state index is 14.9. The number of hydrazine groups is 1. The van der Waals surface area contributed by atoms with Crippen LogP contribution < -0.4 is 20.9 Å². The molecular formula is C23H27FN4O5S. The van der Waals surface area contributed by atoms with E-state index in [0.29, 0.717) is 17.9 Å². The summed E-state index contributed by atoms with van der Waals surface area (Å²) in [6.45, 7) is 3.85. The molecule has 0 radical (unpaired) electrons. The summed E-state index contributed by atoms with van der Waals surface area (Å²) < 4.78 is 44.8. The number of carbonyl (C=O) groups excluding carboxylic acids is 2. The van der Waals surface area contributed by atoms with Gasteiger partial charge in [-0.05, 0) is 32.0 Å². The lowest BCUT2D eigenvalue weighted by Gasteiger charge is -2.34. The van der Waals surface area contributed by atoms with Crippen molar-refractivity contribution < 1.29 is 27.1 Å². The minimum absolute atomic E-state index is 0.0496. The van der Waals surface area contributed by atoms with Crippen LogP contribution in [0.4, 0.5) is 14.9 Å². The number of urea groups is 1. The molecule has 4 rings (SSSR count). The maximum Gasteiger partial charge on any atom is 0.324 e. The molecule has 2 heterocycles. The van der Waals surface area contributed by atoms with Gasteiger partial charge in [-0.1, -0.05) is 18.2 Å². The molecule has 182 valence electrons. The van der Waals surface area contributed by atoms with Crippen molar-refractivity contribution in [2.24, 2.45) is 5.84 Å². The highest BCUT2D eigenvalue weighted by Crippen LogP contribution is 2.43. The Balaban J connectivity index is 1.71. The van der Waals surface area contributed by atoms with E-state index in [0.717, 1.165) is 11.6 Å². The molecule has 11 heteroatoms. The number of nitrogens with two attached hydrogens (primary N) is 1. The fraction of sp³-hybridized carbons (Fsp3) is 0.391. The quantitative estimate of drug-likeness (QED) is 0.384. The van der Waals surface area contributed by atoms with E-state index in [4.69, 9.17) is 10.6 Å². The number of nitrogens with one attached hydrogen (secondary N) is 1. The first-order valence-corrected chi connectivity index (χ1v) is 12.7. The second-order valence-corrected chi connectivity index (χ2v) is 11.4. The van der Waals surface area contributed by atoms with Crippen molar-refractivity contribution in [1.29, 1.82) is 0 Å². The molecule has 3 amide bonds. The minimum Gasteiger partial charge on any atom is -0.485 e. The number of carbonyl (C=O) groups is 2. The molecule has 0 aliphatic carbocycles. The second-order valence-electron chi connectivity index (χ2n) is 9.09. The summed E-state index contributed by atoms with van der Waals surface area (Å²) in [6.07, 6.45) is 0.650. The fourth-order valence-electron chi connectivity index (χ4n) is 4.21. The van der Waals surface area contributed by atoms with E-state index in [1.165, 1.54) is 21.9 Å². The topological polar surface area (TPSA) is 122 Å². The van der Waals surface area contributed by atoms with Crippen LogP contribution in [0.15, 0.2) is 36.4 Å². The van der Waals surface area contributed by atoms with Crippen molar-refractivity contribution in [3.63, 3.8) is 0 Å². The van der Waals surface area contributed by atoms with Crippen LogP contribution >= 0.6 is 0 Å². The number of rotatable bonds is 4. The zero-order valence-electron chi connectivity index (χ0n) is 19.0. The van der Waals surface area contributed by atoms with Gasteiger partial charge in [-0.25, -0.2) is 23.4 Å². The molecule has 2 aromatic rings. The van der Waals surface area contributed by atoms with Crippen LogP contribution in [0.5, 0.6) is 5.75 Å². The smallest absolute Gasteiger partial charge is 0.324 e. The van der Waals surface area contributed by atoms with Crippen LogP contribution in [0.1, 0.15) is 35.3 Å². The van der Waals surface area contributed by atoms with Gasteiger partial charge in [-0.3, -0.25) is 15.1 Å². The van der Waals surface area contributed by atoms with Gasteiger partial charge in [0, 0.05) is 36.2 Å². The molecular weight excluding hydrogens is 463 g/mol. The second kappa shape index (κ2) is 8.88. The summed E-state index contributed by atoms with van der Waals surface area (Å²) >= 11 is 0. The van der Waals surface area contributed by atoms with Crippen molar-refractivity contribution >= 4 is 27.5 Å². The predicted octanol–water partition coefficient (Wildman–Crippen LogP) is 2.00. The number of amides is 3. The van der Waals surface area contributed by atoms with Crippen molar-refractivity contribution in [3.05, 3.63) is 58.9 Å². The average molecular weight is 491 g/mol. The maximum absolute atomic E-state index is 14.9. The number of ether oxygens (including phenoxy) is 1. The summed E-state index contributed by atoms with van der Waals surface area (Å²) in [5.41, 5.74) is 3.13. The number of hydrogen-bond acceptors (Lipinski definition) is 6. The lowest BCUT2D eigenvalue weighted by Crippen LogP contribution is -2.50. The summed E-state index contributed by atoms with van der Waals surface area (Å²) in [6, 6.07) is 8.92. The zero-order chi connectivity index (χ0) is 24.7. The van der Waals surface area contributed by atoms with E-state index in [2.05, 4.69) is 0 Å². The summed E-state index contributed by atoms with van der Waals surface area (Å²) in [7, 11) is -3.19. The molecule has 1 saturated heterocycles. The molecule has 0 bridgehead atoms. The van der Waals surface area contributed by atoms with Gasteiger partial charge in [0.15, 0.2) is 9.84 Å². The Labute approximate surface area is 197 Å². The van der Waals surface area contributed by atoms with E-state index >= 15 is 0 Å². The highest BCUT2D eigenvalue weighted by atomic mass is 32.2. The van der Waals surface area contributed by atoms with Gasteiger partial charge in [-0.15, -0.1) is 0 Å². The first-order valence-electron chi connectivity index (χ1n) is 10.9. The van der Waals surface area contributed by atoms with Crippen molar-refractivity contribution in [1.82, 2.24) is 10.3 Å². The van der Waals surface area contributed by atoms with Crippen LogP contribution in [0.25, 0.3) is 0 Å². The van der Waals surface area contributed by atoms with Gasteiger partial charge < -0.3 is 9.64 Å². The van der Waals surface area contributed by atoms with Gasteiger partial charge in [-0.2, -0.15) is 0 Å². The van der Waals surface area contributed by atoms with E-state index in [9.17, 15) is 22.4 Å². The van der Waals surface area contributed by atoms with Crippen LogP contribution in [-0.4, -0.2) is 55.5 Å². The molecule has 2 aromatic carbocycles. The molecule has 0 aromatic heterocycles. The number of para-hydroxylation sites is 1. The van der Waals surface area contributed by atoms with Gasteiger partial charge >= 0.3 is 6.03 Å². The van der Waals surface area contributed by atoms with Crippen molar-refractivity contribution in [3.8, 4) is 5.75 Å². The van der Waals surface area contributed by atoms with Crippen molar-refractivity contribution in [2.45, 2.75) is 32.4 Å². The molecule has 0 unspecified atom stereocenters. The average Bonchev–Trinajstić information content (AvgIpc) is 3.11. The van der Waals surface area contributed by atoms with Crippen LogP contribution in [0.2, 0.25) is 0 Å². The van der Waals surface area contributed by atoms with Gasteiger partial charge in [0.1, 0.15) is 17.2 Å². The minimum atomic E-state index is -3.19. The third-order valence-corrected chi connectivity index (χ3v) is 7.59. The zero-order valence-corrected chi connectivity index (χ0v) is 19.8. The first kappa shape index (κ1) is 24.0. The van der Waals surface area contributed by atoms with E-state index in [1.54, 1.807) is 6.07 Å². The Bertz CT molecular complexity index is 1230. The standard InChI is InChI=1S/C23H27FN4O5S/c1-23(2)13-16-4-3-5-19(20(16)33-23)28(22(30)27-8-10-34(31,32)11-9-27)14-17-7-6-15(12-18(17)24)21(29)26-25/h3-7,12H,8-11,13-14,25H2,1-2H3,(H,26,29). The molecule has 2 aliphatic rings. The number of nitrogens with zero attached hydrogens (tertiary/aromatic N) is 2. The number of fused-ring (bicyclic) bond motifs is 1. The SMILES string of the molecule is CC1(C)Cc2cccc(N(Cc3ccc(C(=O)NN)cc3F)C(=O)N3CCS(=O)(=O)CC3)c2O1. The van der Waals surface area contributed by atoms with Gasteiger partial charge in [0.05, 0.1) is 23.7 Å². The summed E-state index contributed by atoms with van der Waals surface area (Å²) in [4.78, 5) is 28.2. The van der Waals surface area contributed by atoms with Crippen molar-refractivity contribution in [2.75, 3.05) is 29.5 Å². The largest absolute Gasteiger partial charge is 0.485 e. The molecule has 1 fully saturated rings. The Morgan fingerprint density at radius 3 is 2.56 bits per heavy atom. The summed E-state index contributed by atoms with van der Waals surface area (Å²) in [5.74, 6) is 4.12. The van der Waals surface area contributed by atoms with E-state index < -0.39 is 33.2 Å². The lowest BCUT2D eigenvalue weighted by atomic mass is 10.0. The predicted molar refractivity (Wildman–Crippen MR) is 125 cm³/mol. The van der Waals surface area contributed by atoms with Crippen LogP contribution in [-0.2, 0) is 22.8 Å². The molecule has 34 heavy (non-hydrogen) atoms.